The first-order valence-electron chi connectivity index (χ1n) is 19.5. The van der Waals surface area contributed by atoms with Gasteiger partial charge in [-0.3, -0.25) is 18.6 Å². The van der Waals surface area contributed by atoms with Gasteiger partial charge >= 0.3 is 19.8 Å². The van der Waals surface area contributed by atoms with Gasteiger partial charge < -0.3 is 18.9 Å². The third kappa shape index (κ3) is 37.3. The molecule has 0 radical (unpaired) electrons. The molecule has 51 heavy (non-hydrogen) atoms. The smallest absolute Gasteiger partial charge is 0.462 e. The number of phosphoric acid groups is 1. The van der Waals surface area contributed by atoms with E-state index in [1.54, 1.807) is 0 Å². The van der Waals surface area contributed by atoms with Gasteiger partial charge in [0.25, 0.3) is 0 Å². The lowest BCUT2D eigenvalue weighted by atomic mass is 10.1. The van der Waals surface area contributed by atoms with Crippen LogP contribution in [0.1, 0.15) is 136 Å². The second-order valence-corrected chi connectivity index (χ2v) is 15.4. The molecular weight excluding hydrogens is 665 g/mol. The first-order valence-corrected chi connectivity index (χ1v) is 21.0. The third-order valence-corrected chi connectivity index (χ3v) is 8.77. The van der Waals surface area contributed by atoms with Gasteiger partial charge in [0.1, 0.15) is 19.8 Å². The number of esters is 2. The normalized spacial score (nSPS) is 14.4. The van der Waals surface area contributed by atoms with Crippen molar-refractivity contribution in [1.82, 2.24) is 0 Å². The molecule has 0 saturated heterocycles. The minimum absolute atomic E-state index is 0.0196. The zero-order valence-electron chi connectivity index (χ0n) is 32.8. The molecule has 0 fully saturated rings. The van der Waals surface area contributed by atoms with Crippen LogP contribution in [-0.2, 0) is 32.7 Å². The Morgan fingerprint density at radius 3 is 1.73 bits per heavy atom. The van der Waals surface area contributed by atoms with E-state index >= 15 is 0 Å². The van der Waals surface area contributed by atoms with Gasteiger partial charge in [0.2, 0.25) is 0 Å². The van der Waals surface area contributed by atoms with E-state index < -0.39 is 32.5 Å². The summed E-state index contributed by atoms with van der Waals surface area (Å²) in [6, 6.07) is 0. The fraction of sp³-hybridized carbons (Fsp3) is 0.707. The number of hydrogen-bond acceptors (Lipinski definition) is 7. The molecule has 0 heterocycles. The van der Waals surface area contributed by atoms with Gasteiger partial charge in [-0.25, -0.2) is 4.57 Å². The molecule has 0 aromatic rings. The van der Waals surface area contributed by atoms with Crippen LogP contribution in [-0.4, -0.2) is 74.9 Å². The summed E-state index contributed by atoms with van der Waals surface area (Å²) in [6.07, 6.45) is 38.4. The zero-order chi connectivity index (χ0) is 37.9. The largest absolute Gasteiger partial charge is 0.472 e. The Morgan fingerprint density at radius 2 is 1.12 bits per heavy atom. The lowest BCUT2D eigenvalue weighted by Gasteiger charge is -2.24. The van der Waals surface area contributed by atoms with E-state index in [0.29, 0.717) is 17.4 Å². The number of hydrogen-bond donors (Lipinski definition) is 1. The molecule has 9 nitrogen and oxygen atoms in total. The average Bonchev–Trinajstić information content (AvgIpc) is 3.07. The van der Waals surface area contributed by atoms with E-state index in [-0.39, 0.29) is 26.1 Å². The van der Waals surface area contributed by atoms with E-state index in [9.17, 15) is 19.0 Å². The van der Waals surface area contributed by atoms with Crippen molar-refractivity contribution in [2.24, 2.45) is 0 Å². The van der Waals surface area contributed by atoms with Gasteiger partial charge in [-0.1, -0.05) is 107 Å². The van der Waals surface area contributed by atoms with Crippen LogP contribution in [0.15, 0.2) is 60.8 Å². The Balaban J connectivity index is 4.54. The van der Waals surface area contributed by atoms with Crippen molar-refractivity contribution in [3.05, 3.63) is 60.8 Å². The summed E-state index contributed by atoms with van der Waals surface area (Å²) in [5, 5.41) is 0. The van der Waals surface area contributed by atoms with Crippen LogP contribution >= 0.6 is 7.82 Å². The van der Waals surface area contributed by atoms with Crippen molar-refractivity contribution in [2.75, 3.05) is 47.5 Å². The van der Waals surface area contributed by atoms with Gasteiger partial charge in [-0.2, -0.15) is 0 Å². The fourth-order valence-electron chi connectivity index (χ4n) is 4.70. The SMILES string of the molecule is CC/C=C\C/C=C\C/C=C\C/C=C\CCCCC(=O)OC(COC(=O)CCCCCCC/C=C\CCCCC)COP(=O)(O)OCC[N+](C)(C)C. The molecule has 0 spiro atoms. The molecular formula is C41H73NO8P+. The van der Waals surface area contributed by atoms with Gasteiger partial charge in [0.15, 0.2) is 6.10 Å². The highest BCUT2D eigenvalue weighted by Gasteiger charge is 2.27. The number of rotatable bonds is 34. The number of quaternary nitrogens is 1. The zero-order valence-corrected chi connectivity index (χ0v) is 33.7. The monoisotopic (exact) mass is 739 g/mol. The van der Waals surface area contributed by atoms with Crippen LogP contribution in [0.2, 0.25) is 0 Å². The van der Waals surface area contributed by atoms with E-state index in [1.165, 1.54) is 25.7 Å². The molecule has 0 saturated carbocycles. The molecule has 0 aliphatic rings. The molecule has 0 aromatic carbocycles. The van der Waals surface area contributed by atoms with Gasteiger partial charge in [-0.15, -0.1) is 0 Å². The number of likely N-dealkylation sites (N-methyl/N-ethyl adjacent to an activating group) is 1. The lowest BCUT2D eigenvalue weighted by molar-refractivity contribution is -0.870. The lowest BCUT2D eigenvalue weighted by Crippen LogP contribution is -2.37. The third-order valence-electron chi connectivity index (χ3n) is 7.78. The molecule has 0 aliphatic carbocycles. The molecule has 0 aliphatic heterocycles. The second kappa shape index (κ2) is 33.5. The van der Waals surface area contributed by atoms with E-state index in [0.717, 1.165) is 77.0 Å². The molecule has 2 unspecified atom stereocenters. The molecule has 1 N–H and O–H groups in total. The average molecular weight is 739 g/mol. The Bertz CT molecular complexity index is 1060. The standard InChI is InChI=1S/C41H72NO8P/c1-6-8-10-12-14-16-18-20-21-22-24-26-28-30-32-34-41(44)50-39(38-49-51(45,46)48-36-35-42(3,4)5)37-47-40(43)33-31-29-27-25-23-19-17-15-13-11-9-7-2/h8,10,14-17,20-21,24,26,39H,6-7,9,11-13,18-19,22-23,25,27-38H2,1-5H3/p+1/b10-8-,16-14-,17-15-,21-20-,26-24-. The number of nitrogens with zero attached hydrogens (tertiary/aromatic N) is 1. The summed E-state index contributed by atoms with van der Waals surface area (Å²) in [7, 11) is 1.43. The first kappa shape index (κ1) is 48.7. The van der Waals surface area contributed by atoms with Crippen molar-refractivity contribution in [1.29, 1.82) is 0 Å². The molecule has 10 heteroatoms. The second-order valence-electron chi connectivity index (χ2n) is 13.9. The highest BCUT2D eigenvalue weighted by molar-refractivity contribution is 7.47. The van der Waals surface area contributed by atoms with Crippen molar-refractivity contribution in [2.45, 2.75) is 142 Å². The van der Waals surface area contributed by atoms with Crippen LogP contribution in [0.25, 0.3) is 0 Å². The van der Waals surface area contributed by atoms with Crippen LogP contribution in [0.5, 0.6) is 0 Å². The fourth-order valence-corrected chi connectivity index (χ4v) is 5.44. The summed E-state index contributed by atoms with van der Waals surface area (Å²) in [5.41, 5.74) is 0. The molecule has 0 aromatic heterocycles. The Hall–Kier alpha value is -2.29. The topological polar surface area (TPSA) is 108 Å². The van der Waals surface area contributed by atoms with Gasteiger partial charge in [0.05, 0.1) is 27.7 Å². The van der Waals surface area contributed by atoms with Gasteiger partial charge in [0, 0.05) is 12.8 Å². The molecule has 0 bridgehead atoms. The predicted octanol–water partition coefficient (Wildman–Crippen LogP) is 10.5. The van der Waals surface area contributed by atoms with Crippen LogP contribution in [0, 0.1) is 0 Å². The van der Waals surface area contributed by atoms with Crippen molar-refractivity contribution in [3.63, 3.8) is 0 Å². The van der Waals surface area contributed by atoms with Crippen LogP contribution in [0.4, 0.5) is 0 Å². The highest BCUT2D eigenvalue weighted by Crippen LogP contribution is 2.43. The highest BCUT2D eigenvalue weighted by atomic mass is 31.2. The number of carbonyl (C=O) groups excluding carboxylic acids is 2. The maximum atomic E-state index is 12.6. The van der Waals surface area contributed by atoms with Crippen LogP contribution in [0.3, 0.4) is 0 Å². The number of phosphoric ester groups is 1. The van der Waals surface area contributed by atoms with Crippen molar-refractivity contribution in [3.8, 4) is 0 Å². The maximum absolute atomic E-state index is 12.6. The minimum Gasteiger partial charge on any atom is -0.462 e. The minimum atomic E-state index is -4.38. The Kier molecular flexibility index (Phi) is 32.0. The molecule has 0 amide bonds. The van der Waals surface area contributed by atoms with E-state index in [2.05, 4.69) is 74.6 Å². The Morgan fingerprint density at radius 1 is 0.627 bits per heavy atom. The summed E-state index contributed by atoms with van der Waals surface area (Å²) in [6.45, 7) is 4.19. The number of carbonyl (C=O) groups is 2. The van der Waals surface area contributed by atoms with E-state index in [1.807, 2.05) is 21.1 Å². The predicted molar refractivity (Wildman–Crippen MR) is 210 cm³/mol. The molecule has 294 valence electrons. The van der Waals surface area contributed by atoms with E-state index in [4.69, 9.17) is 18.5 Å². The summed E-state index contributed by atoms with van der Waals surface area (Å²) >= 11 is 0. The molecule has 0 rings (SSSR count). The first-order chi connectivity index (χ1) is 24.5. The summed E-state index contributed by atoms with van der Waals surface area (Å²) < 4.78 is 34.1. The van der Waals surface area contributed by atoms with Crippen molar-refractivity contribution >= 4 is 19.8 Å². The number of allylic oxidation sites excluding steroid dienone is 10. The summed E-state index contributed by atoms with van der Waals surface area (Å²) in [5.74, 6) is -0.866. The van der Waals surface area contributed by atoms with Crippen LogP contribution < -0.4 is 0 Å². The quantitative estimate of drug-likeness (QED) is 0.0229. The number of ether oxygens (including phenoxy) is 2. The van der Waals surface area contributed by atoms with Gasteiger partial charge in [-0.05, 0) is 77.0 Å². The number of unbranched alkanes of at least 4 members (excludes halogenated alkanes) is 10. The van der Waals surface area contributed by atoms with Crippen molar-refractivity contribution < 1.29 is 42.1 Å². The summed E-state index contributed by atoms with van der Waals surface area (Å²) in [4.78, 5) is 35.2. The Labute approximate surface area is 311 Å². The molecule has 2 atom stereocenters. The maximum Gasteiger partial charge on any atom is 0.472 e.